The minimum atomic E-state index is 0.916. The lowest BCUT2D eigenvalue weighted by molar-refractivity contribution is 0.736. The standard InChI is InChI=1S/C14H14N4/c1-9-4-6-12(10(2)15-9)11-5-7-13-14(8-11)18(3)17-16-13/h4-8H,1-3H3. The normalized spacial score (nSPS) is 11.1. The molecule has 0 N–H and O–H groups in total. The number of fused-ring (bicyclic) bond motifs is 1. The van der Waals surface area contributed by atoms with Gasteiger partial charge in [0.15, 0.2) is 0 Å². The van der Waals surface area contributed by atoms with Crippen molar-refractivity contribution in [2.45, 2.75) is 13.8 Å². The van der Waals surface area contributed by atoms with Gasteiger partial charge in [0.2, 0.25) is 0 Å². The Kier molecular flexibility index (Phi) is 2.37. The molecule has 1 aromatic carbocycles. The predicted molar refractivity (Wildman–Crippen MR) is 71.2 cm³/mol. The van der Waals surface area contributed by atoms with Gasteiger partial charge in [-0.2, -0.15) is 0 Å². The second kappa shape index (κ2) is 3.91. The molecule has 0 aliphatic carbocycles. The van der Waals surface area contributed by atoms with Crippen molar-refractivity contribution in [1.82, 2.24) is 20.0 Å². The molecule has 2 aromatic heterocycles. The Bertz CT molecular complexity index is 728. The highest BCUT2D eigenvalue weighted by molar-refractivity contribution is 5.81. The van der Waals surface area contributed by atoms with Crippen LogP contribution in [0.3, 0.4) is 0 Å². The van der Waals surface area contributed by atoms with Gasteiger partial charge in [0.1, 0.15) is 5.52 Å². The third-order valence-corrected chi connectivity index (χ3v) is 3.15. The highest BCUT2D eigenvalue weighted by Gasteiger charge is 2.07. The molecule has 0 aliphatic heterocycles. The van der Waals surface area contributed by atoms with Crippen LogP contribution >= 0.6 is 0 Å². The number of hydrogen-bond donors (Lipinski definition) is 0. The molecule has 18 heavy (non-hydrogen) atoms. The molecule has 0 saturated carbocycles. The molecule has 0 saturated heterocycles. The van der Waals surface area contributed by atoms with E-state index in [2.05, 4.69) is 33.5 Å². The number of rotatable bonds is 1. The van der Waals surface area contributed by atoms with Crippen molar-refractivity contribution in [1.29, 1.82) is 0 Å². The van der Waals surface area contributed by atoms with Gasteiger partial charge in [-0.3, -0.25) is 4.98 Å². The molecule has 0 radical (unpaired) electrons. The molecule has 4 nitrogen and oxygen atoms in total. The summed E-state index contributed by atoms with van der Waals surface area (Å²) in [6.07, 6.45) is 0. The van der Waals surface area contributed by atoms with Gasteiger partial charge in [0, 0.05) is 24.0 Å². The van der Waals surface area contributed by atoms with Crippen LogP contribution < -0.4 is 0 Å². The second-order valence-electron chi connectivity index (χ2n) is 4.50. The molecule has 90 valence electrons. The summed E-state index contributed by atoms with van der Waals surface area (Å²) in [5.41, 5.74) is 6.34. The fourth-order valence-electron chi connectivity index (χ4n) is 2.19. The van der Waals surface area contributed by atoms with Gasteiger partial charge in [-0.05, 0) is 37.6 Å². The molecular weight excluding hydrogens is 224 g/mol. The maximum absolute atomic E-state index is 4.50. The van der Waals surface area contributed by atoms with Crippen LogP contribution in [0, 0.1) is 13.8 Å². The zero-order valence-corrected chi connectivity index (χ0v) is 10.7. The Morgan fingerprint density at radius 2 is 1.89 bits per heavy atom. The number of hydrogen-bond acceptors (Lipinski definition) is 3. The number of aryl methyl sites for hydroxylation is 3. The maximum atomic E-state index is 4.50. The molecule has 0 spiro atoms. The zero-order chi connectivity index (χ0) is 12.7. The quantitative estimate of drug-likeness (QED) is 0.654. The van der Waals surface area contributed by atoms with Crippen molar-refractivity contribution in [2.24, 2.45) is 7.05 Å². The molecule has 0 atom stereocenters. The average Bonchev–Trinajstić information content (AvgIpc) is 2.71. The summed E-state index contributed by atoms with van der Waals surface area (Å²) in [5.74, 6) is 0. The average molecular weight is 238 g/mol. The van der Waals surface area contributed by atoms with E-state index in [1.807, 2.05) is 33.0 Å². The van der Waals surface area contributed by atoms with Gasteiger partial charge >= 0.3 is 0 Å². The minimum Gasteiger partial charge on any atom is -0.258 e. The lowest BCUT2D eigenvalue weighted by atomic mass is 10.0. The van der Waals surface area contributed by atoms with E-state index >= 15 is 0 Å². The molecule has 0 fully saturated rings. The topological polar surface area (TPSA) is 43.6 Å². The van der Waals surface area contributed by atoms with Gasteiger partial charge in [-0.25, -0.2) is 4.68 Å². The van der Waals surface area contributed by atoms with Crippen LogP contribution in [-0.2, 0) is 7.05 Å². The first-order valence-corrected chi connectivity index (χ1v) is 5.89. The van der Waals surface area contributed by atoms with E-state index in [0.29, 0.717) is 0 Å². The second-order valence-corrected chi connectivity index (χ2v) is 4.50. The predicted octanol–water partition coefficient (Wildman–Crippen LogP) is 2.65. The van der Waals surface area contributed by atoms with Gasteiger partial charge in [-0.15, -0.1) is 5.10 Å². The van der Waals surface area contributed by atoms with Crippen LogP contribution in [0.4, 0.5) is 0 Å². The van der Waals surface area contributed by atoms with Gasteiger partial charge in [0.25, 0.3) is 0 Å². The number of benzene rings is 1. The van der Waals surface area contributed by atoms with Gasteiger partial charge in [-0.1, -0.05) is 17.3 Å². The summed E-state index contributed by atoms with van der Waals surface area (Å²) in [5, 5.41) is 8.11. The summed E-state index contributed by atoms with van der Waals surface area (Å²) < 4.78 is 1.79. The molecule has 3 rings (SSSR count). The molecular formula is C14H14N4. The Hall–Kier alpha value is -2.23. The molecule has 0 aliphatic rings. The van der Waals surface area contributed by atoms with Gasteiger partial charge < -0.3 is 0 Å². The number of aromatic nitrogens is 4. The van der Waals surface area contributed by atoms with E-state index in [4.69, 9.17) is 0 Å². The zero-order valence-electron chi connectivity index (χ0n) is 10.7. The van der Waals surface area contributed by atoms with Crippen molar-refractivity contribution in [2.75, 3.05) is 0 Å². The fourth-order valence-corrected chi connectivity index (χ4v) is 2.19. The molecule has 0 unspecified atom stereocenters. The molecule has 3 aromatic rings. The first kappa shape index (κ1) is 10.9. The summed E-state index contributed by atoms with van der Waals surface area (Å²) in [6, 6.07) is 10.3. The van der Waals surface area contributed by atoms with E-state index in [-0.39, 0.29) is 0 Å². The largest absolute Gasteiger partial charge is 0.258 e. The molecule has 2 heterocycles. The summed E-state index contributed by atoms with van der Waals surface area (Å²) in [4.78, 5) is 4.50. The fraction of sp³-hybridized carbons (Fsp3) is 0.214. The Morgan fingerprint density at radius 3 is 2.67 bits per heavy atom. The lowest BCUT2D eigenvalue weighted by Crippen LogP contribution is -1.92. The van der Waals surface area contributed by atoms with Crippen molar-refractivity contribution in [3.05, 3.63) is 41.7 Å². The summed E-state index contributed by atoms with van der Waals surface area (Å²) >= 11 is 0. The van der Waals surface area contributed by atoms with E-state index in [1.54, 1.807) is 4.68 Å². The third-order valence-electron chi connectivity index (χ3n) is 3.15. The van der Waals surface area contributed by atoms with Crippen molar-refractivity contribution in [3.63, 3.8) is 0 Å². The van der Waals surface area contributed by atoms with Crippen LogP contribution in [-0.4, -0.2) is 20.0 Å². The molecule has 0 bridgehead atoms. The van der Waals surface area contributed by atoms with Crippen molar-refractivity contribution in [3.8, 4) is 11.1 Å². The highest BCUT2D eigenvalue weighted by Crippen LogP contribution is 2.25. The van der Waals surface area contributed by atoms with E-state index in [0.717, 1.165) is 33.5 Å². The van der Waals surface area contributed by atoms with Crippen LogP contribution in [0.5, 0.6) is 0 Å². The number of pyridine rings is 1. The summed E-state index contributed by atoms with van der Waals surface area (Å²) in [6.45, 7) is 4.04. The van der Waals surface area contributed by atoms with Crippen LogP contribution in [0.25, 0.3) is 22.2 Å². The molecule has 0 amide bonds. The smallest absolute Gasteiger partial charge is 0.113 e. The maximum Gasteiger partial charge on any atom is 0.113 e. The Morgan fingerprint density at radius 1 is 1.06 bits per heavy atom. The highest BCUT2D eigenvalue weighted by atomic mass is 15.4. The Balaban J connectivity index is 2.21. The molecule has 4 heteroatoms. The lowest BCUT2D eigenvalue weighted by Gasteiger charge is -2.06. The van der Waals surface area contributed by atoms with Gasteiger partial charge in [0.05, 0.1) is 5.52 Å². The van der Waals surface area contributed by atoms with Crippen LogP contribution in [0.15, 0.2) is 30.3 Å². The van der Waals surface area contributed by atoms with E-state index in [1.165, 1.54) is 0 Å². The first-order valence-electron chi connectivity index (χ1n) is 5.89. The summed E-state index contributed by atoms with van der Waals surface area (Å²) in [7, 11) is 1.90. The third kappa shape index (κ3) is 1.66. The van der Waals surface area contributed by atoms with Crippen molar-refractivity contribution >= 4 is 11.0 Å². The Labute approximate surface area is 105 Å². The monoisotopic (exact) mass is 238 g/mol. The van der Waals surface area contributed by atoms with Crippen LogP contribution in [0.2, 0.25) is 0 Å². The minimum absolute atomic E-state index is 0.916. The SMILES string of the molecule is Cc1ccc(-c2ccc3nnn(C)c3c2)c(C)n1. The number of nitrogens with zero attached hydrogens (tertiary/aromatic N) is 4. The first-order chi connectivity index (χ1) is 8.65. The van der Waals surface area contributed by atoms with Crippen molar-refractivity contribution < 1.29 is 0 Å². The van der Waals surface area contributed by atoms with E-state index < -0.39 is 0 Å². The van der Waals surface area contributed by atoms with E-state index in [9.17, 15) is 0 Å². The van der Waals surface area contributed by atoms with Crippen LogP contribution in [0.1, 0.15) is 11.4 Å².